The monoisotopic (exact) mass is 318 g/mol. The third-order valence-corrected chi connectivity index (χ3v) is 3.23. The average Bonchev–Trinajstić information content (AvgIpc) is 2.43. The van der Waals surface area contributed by atoms with Crippen LogP contribution >= 0.6 is 0 Å². The molecule has 0 aliphatic carbocycles. The highest BCUT2D eigenvalue weighted by atomic mass is 16.6. The van der Waals surface area contributed by atoms with Gasteiger partial charge in [0.05, 0.1) is 12.6 Å². The van der Waals surface area contributed by atoms with E-state index in [0.717, 1.165) is 11.1 Å². The predicted molar refractivity (Wildman–Crippen MR) is 91.1 cm³/mol. The zero-order chi connectivity index (χ0) is 17.5. The lowest BCUT2D eigenvalue weighted by Crippen LogP contribution is -2.37. The molecule has 1 aromatic rings. The third-order valence-electron chi connectivity index (χ3n) is 3.23. The Bertz CT molecular complexity index is 540. The topological polar surface area (TPSA) is 75.6 Å². The standard InChI is InChI=1S/C17H25BNO4/c1-12-5-8-15(21)13(9-12)6-7-14(19-18-11-20)10-16(22)23-17(2,3)4/h5,8-9,11,14,19,21H,6-7,10H2,1-4H3/t14-/m1/s1. The van der Waals surface area contributed by atoms with Gasteiger partial charge in [-0.1, -0.05) is 17.7 Å². The van der Waals surface area contributed by atoms with Gasteiger partial charge < -0.3 is 19.9 Å². The number of carbonyl (C=O) groups excluding carboxylic acids is 2. The van der Waals surface area contributed by atoms with Crippen LogP contribution in [-0.2, 0) is 20.7 Å². The highest BCUT2D eigenvalue weighted by Crippen LogP contribution is 2.21. The molecule has 5 nitrogen and oxygen atoms in total. The minimum atomic E-state index is -0.537. The highest BCUT2D eigenvalue weighted by molar-refractivity contribution is 6.64. The van der Waals surface area contributed by atoms with Crippen LogP contribution in [0.2, 0.25) is 0 Å². The number of aromatic hydroxyl groups is 1. The third kappa shape index (κ3) is 7.84. The second kappa shape index (κ2) is 8.72. The molecule has 0 aliphatic heterocycles. The predicted octanol–water partition coefficient (Wildman–Crippen LogP) is 2.13. The molecule has 6 heteroatoms. The number of phenols is 1. The fourth-order valence-corrected chi connectivity index (χ4v) is 2.25. The molecule has 125 valence electrons. The van der Waals surface area contributed by atoms with E-state index in [2.05, 4.69) is 5.23 Å². The van der Waals surface area contributed by atoms with Crippen molar-refractivity contribution in [1.82, 2.24) is 5.23 Å². The van der Waals surface area contributed by atoms with Gasteiger partial charge in [-0.05, 0) is 52.2 Å². The van der Waals surface area contributed by atoms with Gasteiger partial charge in [0.25, 0.3) is 7.41 Å². The van der Waals surface area contributed by atoms with Crippen LogP contribution in [-0.4, -0.2) is 36.3 Å². The van der Waals surface area contributed by atoms with Crippen molar-refractivity contribution in [3.8, 4) is 5.75 Å². The SMILES string of the molecule is Cc1ccc(O)c(CC[C@H](CC(=O)OC(C)(C)C)N[B]C=O)c1. The first-order chi connectivity index (χ1) is 10.7. The minimum absolute atomic E-state index is 0.161. The molecule has 0 heterocycles. The molecule has 0 amide bonds. The van der Waals surface area contributed by atoms with Crippen molar-refractivity contribution in [3.05, 3.63) is 29.3 Å². The van der Waals surface area contributed by atoms with E-state index in [1.165, 1.54) is 7.41 Å². The van der Waals surface area contributed by atoms with E-state index in [1.807, 2.05) is 39.8 Å². The zero-order valence-corrected chi connectivity index (χ0v) is 14.3. The molecule has 2 N–H and O–H groups in total. The molecule has 0 saturated heterocycles. The van der Waals surface area contributed by atoms with Crippen LogP contribution in [0.15, 0.2) is 18.2 Å². The number of esters is 1. The van der Waals surface area contributed by atoms with Crippen molar-refractivity contribution in [2.24, 2.45) is 0 Å². The molecule has 0 aliphatic rings. The molecular weight excluding hydrogens is 293 g/mol. The molecule has 0 fully saturated rings. The number of ether oxygens (including phenoxy) is 1. The fraction of sp³-hybridized carbons (Fsp3) is 0.529. The summed E-state index contributed by atoms with van der Waals surface area (Å²) in [6, 6.07) is 5.20. The normalized spacial score (nSPS) is 12.5. The van der Waals surface area contributed by atoms with Crippen molar-refractivity contribution in [3.63, 3.8) is 0 Å². The summed E-state index contributed by atoms with van der Waals surface area (Å²) in [6.45, 7) is 7.40. The molecule has 1 aromatic carbocycles. The largest absolute Gasteiger partial charge is 0.508 e. The molecule has 23 heavy (non-hydrogen) atoms. The van der Waals surface area contributed by atoms with Crippen molar-refractivity contribution in [2.75, 3.05) is 0 Å². The van der Waals surface area contributed by atoms with Crippen molar-refractivity contribution < 1.29 is 19.4 Å². The van der Waals surface area contributed by atoms with Crippen molar-refractivity contribution in [1.29, 1.82) is 0 Å². The van der Waals surface area contributed by atoms with Gasteiger partial charge in [0.1, 0.15) is 11.4 Å². The second-order valence-corrected chi connectivity index (χ2v) is 6.63. The Morgan fingerprint density at radius 3 is 2.74 bits per heavy atom. The molecule has 0 aromatic heterocycles. The van der Waals surface area contributed by atoms with Crippen LogP contribution in [0.3, 0.4) is 0 Å². The first-order valence-corrected chi connectivity index (χ1v) is 7.74. The molecule has 0 bridgehead atoms. The van der Waals surface area contributed by atoms with Crippen LogP contribution in [0.5, 0.6) is 5.75 Å². The van der Waals surface area contributed by atoms with Gasteiger partial charge in [0, 0.05) is 6.04 Å². The maximum atomic E-state index is 12.0. The van der Waals surface area contributed by atoms with E-state index in [0.29, 0.717) is 19.0 Å². The summed E-state index contributed by atoms with van der Waals surface area (Å²) in [5, 5.41) is 12.8. The lowest BCUT2D eigenvalue weighted by molar-refractivity contribution is -0.155. The van der Waals surface area contributed by atoms with Crippen LogP contribution in [0, 0.1) is 6.92 Å². The van der Waals surface area contributed by atoms with Crippen LogP contribution in [0.1, 0.15) is 44.7 Å². The van der Waals surface area contributed by atoms with Crippen LogP contribution in [0.4, 0.5) is 0 Å². The molecule has 0 spiro atoms. The van der Waals surface area contributed by atoms with Gasteiger partial charge in [-0.25, -0.2) is 0 Å². The maximum Gasteiger partial charge on any atom is 0.307 e. The van der Waals surface area contributed by atoms with E-state index in [4.69, 9.17) is 4.74 Å². The Morgan fingerprint density at radius 1 is 1.43 bits per heavy atom. The first kappa shape index (κ1) is 19.2. The van der Waals surface area contributed by atoms with E-state index in [9.17, 15) is 14.7 Å². The van der Waals surface area contributed by atoms with Gasteiger partial charge >= 0.3 is 5.97 Å². The van der Waals surface area contributed by atoms with E-state index >= 15 is 0 Å². The summed E-state index contributed by atoms with van der Waals surface area (Å²) in [4.78, 5) is 22.5. The number of nitrogens with one attached hydrogen (secondary N) is 1. The quantitative estimate of drug-likeness (QED) is 0.436. The number of aryl methyl sites for hydroxylation is 2. The van der Waals surface area contributed by atoms with Crippen LogP contribution in [0.25, 0.3) is 0 Å². The Kier molecular flexibility index (Phi) is 7.29. The number of benzene rings is 1. The lowest BCUT2D eigenvalue weighted by atomic mass is 9.92. The van der Waals surface area contributed by atoms with Gasteiger partial charge in [0.2, 0.25) is 0 Å². The van der Waals surface area contributed by atoms with E-state index in [-0.39, 0.29) is 24.2 Å². The van der Waals surface area contributed by atoms with E-state index in [1.54, 1.807) is 6.07 Å². The summed E-state index contributed by atoms with van der Waals surface area (Å²) in [5.41, 5.74) is 1.35. The molecule has 0 unspecified atom stereocenters. The van der Waals surface area contributed by atoms with Crippen molar-refractivity contribution in [2.45, 2.75) is 58.6 Å². The summed E-state index contributed by atoms with van der Waals surface area (Å²) < 4.78 is 5.31. The molecule has 0 saturated carbocycles. The number of hydrogen-bond acceptors (Lipinski definition) is 5. The summed E-state index contributed by atoms with van der Waals surface area (Å²) in [6.07, 6.45) is 2.00. The Balaban J connectivity index is 2.65. The number of rotatable bonds is 8. The molecule has 1 radical (unpaired) electrons. The van der Waals surface area contributed by atoms with Gasteiger partial charge in [0.15, 0.2) is 0 Å². The summed E-state index contributed by atoms with van der Waals surface area (Å²) in [5.74, 6) is -0.0752. The number of hydrogen-bond donors (Lipinski definition) is 2. The second-order valence-electron chi connectivity index (χ2n) is 6.63. The fourth-order valence-electron chi connectivity index (χ4n) is 2.25. The zero-order valence-electron chi connectivity index (χ0n) is 14.3. The Morgan fingerprint density at radius 2 is 2.13 bits per heavy atom. The molecular formula is C17H25BNO4. The summed E-state index contributed by atoms with van der Waals surface area (Å²) in [7, 11) is 1.28. The average molecular weight is 318 g/mol. The molecule has 1 rings (SSSR count). The minimum Gasteiger partial charge on any atom is -0.508 e. The van der Waals surface area contributed by atoms with Crippen LogP contribution < -0.4 is 5.23 Å². The van der Waals surface area contributed by atoms with Crippen molar-refractivity contribution >= 4 is 19.6 Å². The molecule has 1 atom stereocenters. The van der Waals surface area contributed by atoms with Gasteiger partial charge in [-0.3, -0.25) is 4.79 Å². The van der Waals surface area contributed by atoms with Gasteiger partial charge in [-0.2, -0.15) is 0 Å². The highest BCUT2D eigenvalue weighted by Gasteiger charge is 2.20. The lowest BCUT2D eigenvalue weighted by Gasteiger charge is -2.22. The van der Waals surface area contributed by atoms with E-state index < -0.39 is 5.60 Å². The smallest absolute Gasteiger partial charge is 0.307 e. The number of phenolic OH excluding ortho intramolecular Hbond substituents is 1. The Labute approximate surface area is 138 Å². The Hall–Kier alpha value is -1.82. The summed E-state index contributed by atoms with van der Waals surface area (Å²) >= 11 is 0. The maximum absolute atomic E-state index is 12.0. The van der Waals surface area contributed by atoms with Gasteiger partial charge in [-0.15, -0.1) is 0 Å². The number of carbonyl (C=O) groups is 2. The first-order valence-electron chi connectivity index (χ1n) is 7.74.